The van der Waals surface area contributed by atoms with Crippen molar-refractivity contribution in [1.29, 1.82) is 0 Å². The molecule has 1 atom stereocenters. The largest absolute Gasteiger partial charge is 0.480 e. The molecule has 112 valence electrons. The maximum absolute atomic E-state index is 11.3. The second kappa shape index (κ2) is 8.92. The molecule has 0 fully saturated rings. The van der Waals surface area contributed by atoms with Crippen LogP contribution in [-0.4, -0.2) is 38.9 Å². The van der Waals surface area contributed by atoms with E-state index in [0.29, 0.717) is 6.42 Å². The zero-order chi connectivity index (χ0) is 14.8. The van der Waals surface area contributed by atoms with Crippen LogP contribution in [0.1, 0.15) is 39.5 Å². The summed E-state index contributed by atoms with van der Waals surface area (Å²) in [6.45, 7) is 4.53. The first-order valence-corrected chi connectivity index (χ1v) is 7.95. The van der Waals surface area contributed by atoms with E-state index in [0.717, 1.165) is 36.7 Å². The van der Waals surface area contributed by atoms with Crippen LogP contribution >= 0.6 is 11.8 Å². The molecule has 0 aliphatic rings. The van der Waals surface area contributed by atoms with E-state index in [1.54, 1.807) is 37.1 Å². The number of hydrogen-bond donors (Lipinski definition) is 2. The van der Waals surface area contributed by atoms with Gasteiger partial charge in [-0.3, -0.25) is 4.79 Å². The molecule has 0 saturated heterocycles. The van der Waals surface area contributed by atoms with Gasteiger partial charge in [0.1, 0.15) is 5.54 Å². The Bertz CT molecular complexity index is 403. The average Bonchev–Trinajstić information content (AvgIpc) is 2.45. The van der Waals surface area contributed by atoms with Crippen molar-refractivity contribution in [2.45, 2.75) is 50.2 Å². The van der Waals surface area contributed by atoms with Gasteiger partial charge >= 0.3 is 5.97 Å². The predicted octanol–water partition coefficient (Wildman–Crippen LogP) is 2.58. The second-order valence-corrected chi connectivity index (χ2v) is 5.96. The summed E-state index contributed by atoms with van der Waals surface area (Å²) in [7, 11) is 0. The van der Waals surface area contributed by atoms with E-state index >= 15 is 0 Å². The van der Waals surface area contributed by atoms with Crippen molar-refractivity contribution < 1.29 is 9.90 Å². The van der Waals surface area contributed by atoms with Crippen LogP contribution < -0.4 is 5.32 Å². The topological polar surface area (TPSA) is 75.1 Å². The first-order valence-electron chi connectivity index (χ1n) is 6.97. The average molecular weight is 297 g/mol. The number of carboxylic acid groups (broad SMARTS) is 1. The molecule has 20 heavy (non-hydrogen) atoms. The van der Waals surface area contributed by atoms with Crippen molar-refractivity contribution in [3.05, 3.63) is 18.5 Å². The fourth-order valence-electron chi connectivity index (χ4n) is 1.78. The third-order valence-electron chi connectivity index (χ3n) is 3.08. The molecule has 0 amide bonds. The van der Waals surface area contributed by atoms with Crippen LogP contribution in [0.15, 0.2) is 23.6 Å². The Labute approximate surface area is 124 Å². The minimum Gasteiger partial charge on any atom is -0.480 e. The van der Waals surface area contributed by atoms with Crippen LogP contribution in [0, 0.1) is 0 Å². The molecule has 0 bridgehead atoms. The summed E-state index contributed by atoms with van der Waals surface area (Å²) >= 11 is 1.61. The molecule has 5 nitrogen and oxygen atoms in total. The molecule has 6 heteroatoms. The lowest BCUT2D eigenvalue weighted by Gasteiger charge is -2.26. The highest BCUT2D eigenvalue weighted by Crippen LogP contribution is 2.18. The molecule has 1 unspecified atom stereocenters. The lowest BCUT2D eigenvalue weighted by molar-refractivity contribution is -0.144. The Hall–Kier alpha value is -1.14. The SMILES string of the molecule is CCCNC(C)(CCCCSc1ncccn1)C(=O)O. The second-order valence-electron chi connectivity index (χ2n) is 4.90. The summed E-state index contributed by atoms with van der Waals surface area (Å²) < 4.78 is 0. The number of rotatable bonds is 10. The Balaban J connectivity index is 2.25. The molecule has 1 heterocycles. The number of nitrogens with one attached hydrogen (secondary N) is 1. The molecule has 0 radical (unpaired) electrons. The summed E-state index contributed by atoms with van der Waals surface area (Å²) in [5, 5.41) is 13.2. The highest BCUT2D eigenvalue weighted by atomic mass is 32.2. The van der Waals surface area contributed by atoms with Gasteiger partial charge in [-0.2, -0.15) is 0 Å². The quantitative estimate of drug-likeness (QED) is 0.393. The molecule has 1 rings (SSSR count). The van der Waals surface area contributed by atoms with Crippen molar-refractivity contribution in [2.75, 3.05) is 12.3 Å². The number of carboxylic acids is 1. The summed E-state index contributed by atoms with van der Waals surface area (Å²) in [5.41, 5.74) is -0.816. The zero-order valence-corrected chi connectivity index (χ0v) is 12.9. The minimum atomic E-state index is -0.816. The van der Waals surface area contributed by atoms with Gasteiger partial charge < -0.3 is 10.4 Å². The van der Waals surface area contributed by atoms with Crippen LogP contribution in [0.2, 0.25) is 0 Å². The van der Waals surface area contributed by atoms with E-state index < -0.39 is 11.5 Å². The summed E-state index contributed by atoms with van der Waals surface area (Å²) in [5.74, 6) is 0.137. The Morgan fingerprint density at radius 3 is 2.70 bits per heavy atom. The molecular weight excluding hydrogens is 274 g/mol. The maximum Gasteiger partial charge on any atom is 0.323 e. The number of unbranched alkanes of at least 4 members (excludes halogenated alkanes) is 1. The molecule has 0 aromatic carbocycles. The van der Waals surface area contributed by atoms with Crippen LogP contribution in [0.5, 0.6) is 0 Å². The highest BCUT2D eigenvalue weighted by Gasteiger charge is 2.31. The number of nitrogens with zero attached hydrogens (tertiary/aromatic N) is 2. The van der Waals surface area contributed by atoms with Gasteiger partial charge in [-0.05, 0) is 38.8 Å². The molecule has 2 N–H and O–H groups in total. The van der Waals surface area contributed by atoms with Crippen molar-refractivity contribution >= 4 is 17.7 Å². The fourth-order valence-corrected chi connectivity index (χ4v) is 2.58. The van der Waals surface area contributed by atoms with Crippen LogP contribution in [-0.2, 0) is 4.79 Å². The highest BCUT2D eigenvalue weighted by molar-refractivity contribution is 7.99. The standard InChI is InChI=1S/C14H23N3O2S/c1-3-8-17-14(2,12(18)19)7-4-5-11-20-13-15-9-6-10-16-13/h6,9-10,17H,3-5,7-8,11H2,1-2H3,(H,18,19). The van der Waals surface area contributed by atoms with Gasteiger partial charge in [0, 0.05) is 18.1 Å². The number of aromatic nitrogens is 2. The van der Waals surface area contributed by atoms with Crippen molar-refractivity contribution in [1.82, 2.24) is 15.3 Å². The van der Waals surface area contributed by atoms with Gasteiger partial charge in [-0.1, -0.05) is 25.1 Å². The Morgan fingerprint density at radius 2 is 2.10 bits per heavy atom. The van der Waals surface area contributed by atoms with Gasteiger partial charge in [0.25, 0.3) is 0 Å². The van der Waals surface area contributed by atoms with E-state index in [1.807, 2.05) is 6.92 Å². The molecule has 0 spiro atoms. The third kappa shape index (κ3) is 5.88. The first kappa shape index (κ1) is 16.9. The lowest BCUT2D eigenvalue weighted by atomic mass is 9.95. The normalized spacial score (nSPS) is 13.9. The number of thioether (sulfide) groups is 1. The smallest absolute Gasteiger partial charge is 0.323 e. The maximum atomic E-state index is 11.3. The van der Waals surface area contributed by atoms with Crippen LogP contribution in [0.4, 0.5) is 0 Å². The van der Waals surface area contributed by atoms with E-state index in [4.69, 9.17) is 0 Å². The van der Waals surface area contributed by atoms with Gasteiger partial charge in [0.15, 0.2) is 5.16 Å². The first-order chi connectivity index (χ1) is 9.58. The molecule has 1 aromatic rings. The van der Waals surface area contributed by atoms with Crippen molar-refractivity contribution in [2.24, 2.45) is 0 Å². The Morgan fingerprint density at radius 1 is 1.40 bits per heavy atom. The summed E-state index contributed by atoms with van der Waals surface area (Å²) in [6.07, 6.45) is 6.86. The van der Waals surface area contributed by atoms with Crippen LogP contribution in [0.25, 0.3) is 0 Å². The van der Waals surface area contributed by atoms with Gasteiger partial charge in [-0.25, -0.2) is 9.97 Å². The predicted molar refractivity (Wildman–Crippen MR) is 80.9 cm³/mol. The zero-order valence-electron chi connectivity index (χ0n) is 12.1. The van der Waals surface area contributed by atoms with Crippen LogP contribution in [0.3, 0.4) is 0 Å². The molecule has 0 saturated carbocycles. The fraction of sp³-hybridized carbons (Fsp3) is 0.643. The summed E-state index contributed by atoms with van der Waals surface area (Å²) in [4.78, 5) is 19.6. The van der Waals surface area contributed by atoms with Crippen molar-refractivity contribution in [3.8, 4) is 0 Å². The van der Waals surface area contributed by atoms with Gasteiger partial charge in [0.05, 0.1) is 0 Å². The third-order valence-corrected chi connectivity index (χ3v) is 4.04. The van der Waals surface area contributed by atoms with Gasteiger partial charge in [0.2, 0.25) is 0 Å². The molecular formula is C14H23N3O2S. The van der Waals surface area contributed by atoms with E-state index in [-0.39, 0.29) is 0 Å². The van der Waals surface area contributed by atoms with E-state index in [2.05, 4.69) is 15.3 Å². The molecule has 0 aliphatic carbocycles. The van der Waals surface area contributed by atoms with E-state index in [9.17, 15) is 9.90 Å². The monoisotopic (exact) mass is 297 g/mol. The number of aliphatic carboxylic acids is 1. The number of hydrogen-bond acceptors (Lipinski definition) is 5. The lowest BCUT2D eigenvalue weighted by Crippen LogP contribution is -2.49. The van der Waals surface area contributed by atoms with Crippen molar-refractivity contribution in [3.63, 3.8) is 0 Å². The Kier molecular flexibility index (Phi) is 7.54. The number of carbonyl (C=O) groups is 1. The molecule has 1 aromatic heterocycles. The minimum absolute atomic E-state index is 0.637. The van der Waals surface area contributed by atoms with Gasteiger partial charge in [-0.15, -0.1) is 0 Å². The van der Waals surface area contributed by atoms with E-state index in [1.165, 1.54) is 0 Å². The molecule has 0 aliphatic heterocycles. The summed E-state index contributed by atoms with van der Waals surface area (Å²) in [6, 6.07) is 1.79.